The molecule has 0 aromatic carbocycles. The van der Waals surface area contributed by atoms with E-state index in [-0.39, 0.29) is 83.8 Å². The number of aliphatic carboxylic acids is 2. The van der Waals surface area contributed by atoms with Gasteiger partial charge >= 0.3 is 59.1 Å². The third-order valence-corrected chi connectivity index (χ3v) is 7.45. The van der Waals surface area contributed by atoms with E-state index in [1.807, 2.05) is 13.8 Å². The second kappa shape index (κ2) is 15.6. The Morgan fingerprint density at radius 1 is 0.867 bits per heavy atom. The van der Waals surface area contributed by atoms with Crippen LogP contribution in [-0.2, 0) is 19.7 Å². The smallest absolute Gasteiger partial charge is 0.549 e. The average Bonchev–Trinajstić information content (AvgIpc) is 2.54. The number of carboxylic acid groups (broad SMARTS) is 2. The Hall–Kier alpha value is 0.850. The van der Waals surface area contributed by atoms with E-state index in [1.165, 1.54) is 0 Å². The van der Waals surface area contributed by atoms with Crippen molar-refractivity contribution >= 4 is 22.1 Å². The maximum absolute atomic E-state index is 12.7. The van der Waals surface area contributed by atoms with Gasteiger partial charge in [-0.3, -0.25) is 4.55 Å². The van der Waals surface area contributed by atoms with E-state index in [1.54, 1.807) is 27.7 Å². The van der Waals surface area contributed by atoms with Gasteiger partial charge in [-0.05, 0) is 23.7 Å². The maximum Gasteiger partial charge on any atom is 1.00 e. The molecule has 0 saturated carbocycles. The molecule has 0 radical (unpaired) electrons. The molecule has 0 heterocycles. The third kappa shape index (κ3) is 8.01. The Morgan fingerprint density at radius 2 is 1.20 bits per heavy atom. The third-order valence-electron chi connectivity index (χ3n) is 6.27. The molecular formula is C20H36Na2O7S. The standard InChI is InChI=1S/C20H38O7S.2Na/c1-7-11-13(5)15(9-3)20(19(23)24,16(10-4)14(6)12-8-2)17(18(21)22)28(25,26)27;;/h13-17H,7-12H2,1-6H3,(H,21,22)(H,23,24)(H,25,26,27);;/q;2*+1/p-2. The zero-order chi connectivity index (χ0) is 22.3. The van der Waals surface area contributed by atoms with Gasteiger partial charge in [-0.15, -0.1) is 0 Å². The molecule has 0 fully saturated rings. The number of carbonyl (C=O) groups excluding carboxylic acids is 2. The summed E-state index contributed by atoms with van der Waals surface area (Å²) in [6.45, 7) is 10.8. The molecule has 0 spiro atoms. The second-order valence-corrected chi connectivity index (χ2v) is 9.50. The van der Waals surface area contributed by atoms with E-state index in [0.29, 0.717) is 12.8 Å². The Balaban J connectivity index is -0.00000364. The van der Waals surface area contributed by atoms with Gasteiger partial charge in [-0.2, -0.15) is 8.42 Å². The predicted octanol–water partition coefficient (Wildman–Crippen LogP) is -4.34. The molecule has 5 unspecified atom stereocenters. The van der Waals surface area contributed by atoms with E-state index in [4.69, 9.17) is 0 Å². The Kier molecular flexibility index (Phi) is 18.5. The fourth-order valence-corrected chi connectivity index (χ4v) is 6.55. The van der Waals surface area contributed by atoms with Crippen molar-refractivity contribution < 1.29 is 91.9 Å². The van der Waals surface area contributed by atoms with Crippen molar-refractivity contribution in [2.75, 3.05) is 0 Å². The van der Waals surface area contributed by atoms with E-state index >= 15 is 0 Å². The number of hydrogen-bond donors (Lipinski definition) is 1. The second-order valence-electron chi connectivity index (χ2n) is 8.00. The minimum atomic E-state index is -5.26. The molecule has 5 atom stereocenters. The van der Waals surface area contributed by atoms with Gasteiger partial charge in [0.05, 0.1) is 5.97 Å². The molecule has 1 N–H and O–H groups in total. The Bertz CT molecular complexity index is 605. The van der Waals surface area contributed by atoms with Crippen LogP contribution in [0.15, 0.2) is 0 Å². The van der Waals surface area contributed by atoms with Crippen molar-refractivity contribution in [3.05, 3.63) is 0 Å². The predicted molar refractivity (Wildman–Crippen MR) is 103 cm³/mol. The van der Waals surface area contributed by atoms with Crippen LogP contribution < -0.4 is 69.3 Å². The van der Waals surface area contributed by atoms with Crippen LogP contribution in [-0.4, -0.2) is 30.2 Å². The molecule has 0 aromatic heterocycles. The van der Waals surface area contributed by atoms with Crippen molar-refractivity contribution in [3.8, 4) is 0 Å². The zero-order valence-electron chi connectivity index (χ0n) is 19.9. The van der Waals surface area contributed by atoms with Crippen molar-refractivity contribution in [2.24, 2.45) is 29.1 Å². The minimum absolute atomic E-state index is 0. The van der Waals surface area contributed by atoms with Crippen LogP contribution in [0.1, 0.15) is 80.1 Å². The van der Waals surface area contributed by atoms with Gasteiger partial charge in [-0.1, -0.05) is 80.1 Å². The molecule has 0 amide bonds. The summed E-state index contributed by atoms with van der Waals surface area (Å²) in [5.41, 5.74) is -2.29. The normalized spacial score (nSPS) is 18.5. The van der Waals surface area contributed by atoms with Crippen LogP contribution in [0.3, 0.4) is 0 Å². The Labute approximate surface area is 226 Å². The van der Waals surface area contributed by atoms with Gasteiger partial charge in [0.15, 0.2) is 0 Å². The molecule has 0 aliphatic heterocycles. The first-order valence-electron chi connectivity index (χ1n) is 10.3. The summed E-state index contributed by atoms with van der Waals surface area (Å²) in [6.07, 6.45) is 3.12. The van der Waals surface area contributed by atoms with Gasteiger partial charge in [0, 0.05) is 11.4 Å². The quantitative estimate of drug-likeness (QED) is 0.202. The molecule has 10 heteroatoms. The molecule has 7 nitrogen and oxygen atoms in total. The number of carboxylic acids is 2. The monoisotopic (exact) mass is 466 g/mol. The fraction of sp³-hybridized carbons (Fsp3) is 0.900. The summed E-state index contributed by atoms with van der Waals surface area (Å²) in [6, 6.07) is 0. The molecule has 166 valence electrons. The molecular weight excluding hydrogens is 430 g/mol. The molecule has 0 aliphatic carbocycles. The first-order valence-corrected chi connectivity index (χ1v) is 11.8. The number of carbonyl (C=O) groups is 2. The molecule has 0 aliphatic rings. The molecule has 0 bridgehead atoms. The molecule has 0 aromatic rings. The first kappa shape index (κ1) is 35.4. The number of rotatable bonds is 14. The molecule has 0 saturated heterocycles. The van der Waals surface area contributed by atoms with Crippen molar-refractivity contribution in [3.63, 3.8) is 0 Å². The van der Waals surface area contributed by atoms with Gasteiger partial charge in [-0.25, -0.2) is 0 Å². The van der Waals surface area contributed by atoms with Crippen molar-refractivity contribution in [2.45, 2.75) is 85.3 Å². The minimum Gasteiger partial charge on any atom is -0.549 e. The first-order chi connectivity index (χ1) is 12.9. The topological polar surface area (TPSA) is 135 Å². The summed E-state index contributed by atoms with van der Waals surface area (Å²) in [5, 5.41) is 22.0. The summed E-state index contributed by atoms with van der Waals surface area (Å²) >= 11 is 0. The van der Waals surface area contributed by atoms with Gasteiger partial charge in [0.2, 0.25) is 0 Å². The van der Waals surface area contributed by atoms with Crippen LogP contribution in [0.2, 0.25) is 0 Å². The van der Waals surface area contributed by atoms with Crippen molar-refractivity contribution in [1.29, 1.82) is 0 Å². The van der Waals surface area contributed by atoms with E-state index in [9.17, 15) is 32.8 Å². The van der Waals surface area contributed by atoms with Crippen LogP contribution >= 0.6 is 0 Å². The number of hydrogen-bond acceptors (Lipinski definition) is 6. The maximum atomic E-state index is 12.7. The van der Waals surface area contributed by atoms with Crippen LogP contribution in [0.5, 0.6) is 0 Å². The van der Waals surface area contributed by atoms with Gasteiger partial charge < -0.3 is 19.8 Å². The summed E-state index contributed by atoms with van der Waals surface area (Å²) in [7, 11) is -5.26. The molecule has 0 rings (SSSR count). The average molecular weight is 467 g/mol. The zero-order valence-corrected chi connectivity index (χ0v) is 24.8. The van der Waals surface area contributed by atoms with Crippen LogP contribution in [0, 0.1) is 29.1 Å². The summed E-state index contributed by atoms with van der Waals surface area (Å²) in [4.78, 5) is 24.6. The Morgan fingerprint density at radius 3 is 1.37 bits per heavy atom. The van der Waals surface area contributed by atoms with Gasteiger partial charge in [0.25, 0.3) is 10.1 Å². The van der Waals surface area contributed by atoms with Crippen molar-refractivity contribution in [1.82, 2.24) is 0 Å². The molecule has 30 heavy (non-hydrogen) atoms. The van der Waals surface area contributed by atoms with E-state index in [2.05, 4.69) is 0 Å². The van der Waals surface area contributed by atoms with E-state index < -0.39 is 44.6 Å². The SMILES string of the molecule is CCCC(C)C(CC)C(C(=O)[O-])(C(CC)C(C)CCC)C(C(=O)[O-])S(=O)(=O)O.[Na+].[Na+]. The van der Waals surface area contributed by atoms with E-state index in [0.717, 1.165) is 12.8 Å². The summed E-state index contributed by atoms with van der Waals surface area (Å²) in [5.74, 6) is -6.03. The van der Waals surface area contributed by atoms with Gasteiger partial charge in [0.1, 0.15) is 5.25 Å². The fourth-order valence-electron chi connectivity index (χ4n) is 5.37. The van der Waals surface area contributed by atoms with Crippen LogP contribution in [0.4, 0.5) is 0 Å². The van der Waals surface area contributed by atoms with Crippen LogP contribution in [0.25, 0.3) is 0 Å². The summed E-state index contributed by atoms with van der Waals surface area (Å²) < 4.78 is 34.1. The largest absolute Gasteiger partial charge is 1.00 e.